The number of rotatable bonds is 11. The van der Waals surface area contributed by atoms with Crippen LogP contribution in [0.5, 0.6) is 0 Å². The molecule has 0 bridgehead atoms. The Morgan fingerprint density at radius 3 is 2.29 bits per heavy atom. The van der Waals surface area contributed by atoms with Gasteiger partial charge in [0.25, 0.3) is 0 Å². The minimum Gasteiger partial charge on any atom is -0.354 e. The number of aryl methyl sites for hydroxylation is 1. The van der Waals surface area contributed by atoms with Gasteiger partial charge in [0.2, 0.25) is 21.8 Å². The number of halogens is 4. The van der Waals surface area contributed by atoms with E-state index in [2.05, 4.69) is 5.32 Å². The number of sulfonamides is 1. The van der Waals surface area contributed by atoms with Crippen molar-refractivity contribution in [2.75, 3.05) is 23.7 Å². The summed E-state index contributed by atoms with van der Waals surface area (Å²) in [5, 5.41) is 2.53. The van der Waals surface area contributed by atoms with Gasteiger partial charge < -0.3 is 10.2 Å². The molecular formula is C26H33ClF3N3O4S. The lowest BCUT2D eigenvalue weighted by Crippen LogP contribution is -2.52. The number of nitrogens with one attached hydrogen (secondary N) is 1. The van der Waals surface area contributed by atoms with Crippen molar-refractivity contribution in [2.24, 2.45) is 5.92 Å². The fourth-order valence-electron chi connectivity index (χ4n) is 3.82. The molecule has 0 spiro atoms. The van der Waals surface area contributed by atoms with Gasteiger partial charge in [0.15, 0.2) is 0 Å². The first-order valence-corrected chi connectivity index (χ1v) is 14.2. The van der Waals surface area contributed by atoms with Crippen LogP contribution in [0.4, 0.5) is 18.9 Å². The number of anilines is 1. The van der Waals surface area contributed by atoms with Crippen molar-refractivity contribution in [1.82, 2.24) is 10.2 Å². The standard InChI is InChI=1S/C26H33ClF3N3O4S/c1-6-22(25(35)31-14-17(2)3)32(15-19-9-7-8-18(4)12-19)24(34)16-33(38(5,36)37)23-13-20(26(28,29)30)10-11-21(23)27/h7-13,17,22H,6,14-16H2,1-5H3,(H,31,35)/t22-/m0/s1. The average molecular weight is 576 g/mol. The maximum atomic E-state index is 13.7. The number of amides is 2. The summed E-state index contributed by atoms with van der Waals surface area (Å²) in [5.41, 5.74) is 0.0245. The maximum Gasteiger partial charge on any atom is 0.416 e. The summed E-state index contributed by atoms with van der Waals surface area (Å²) in [6, 6.07) is 8.56. The zero-order chi connectivity index (χ0) is 28.8. The van der Waals surface area contributed by atoms with Crippen molar-refractivity contribution in [2.45, 2.75) is 52.9 Å². The van der Waals surface area contributed by atoms with E-state index in [0.717, 1.165) is 24.0 Å². The third kappa shape index (κ3) is 8.62. The third-order valence-electron chi connectivity index (χ3n) is 5.73. The first kappa shape index (κ1) is 31.4. The van der Waals surface area contributed by atoms with Crippen LogP contribution in [0.3, 0.4) is 0 Å². The van der Waals surface area contributed by atoms with Gasteiger partial charge in [0.05, 0.1) is 22.5 Å². The number of carbonyl (C=O) groups excluding carboxylic acids is 2. The molecule has 7 nitrogen and oxygen atoms in total. The summed E-state index contributed by atoms with van der Waals surface area (Å²) in [6.07, 6.45) is -3.76. The SMILES string of the molecule is CC[C@@H](C(=O)NCC(C)C)N(Cc1cccc(C)c1)C(=O)CN(c1cc(C(F)(F)F)ccc1Cl)S(C)(=O)=O. The normalized spacial score (nSPS) is 12.8. The van der Waals surface area contributed by atoms with Crippen molar-refractivity contribution in [1.29, 1.82) is 0 Å². The topological polar surface area (TPSA) is 86.8 Å². The zero-order valence-corrected chi connectivity index (χ0v) is 23.5. The molecule has 2 rings (SSSR count). The van der Waals surface area contributed by atoms with Gasteiger partial charge in [-0.2, -0.15) is 13.2 Å². The second-order valence-corrected chi connectivity index (χ2v) is 11.8. The predicted molar refractivity (Wildman–Crippen MR) is 142 cm³/mol. The predicted octanol–water partition coefficient (Wildman–Crippen LogP) is 5.01. The zero-order valence-electron chi connectivity index (χ0n) is 22.0. The van der Waals surface area contributed by atoms with Gasteiger partial charge in [-0.3, -0.25) is 13.9 Å². The molecule has 1 N–H and O–H groups in total. The molecule has 0 radical (unpaired) electrons. The van der Waals surface area contributed by atoms with Crippen LogP contribution < -0.4 is 9.62 Å². The largest absolute Gasteiger partial charge is 0.416 e. The molecule has 0 heterocycles. The Morgan fingerprint density at radius 2 is 1.76 bits per heavy atom. The first-order chi connectivity index (χ1) is 17.5. The lowest BCUT2D eigenvalue weighted by atomic mass is 10.1. The van der Waals surface area contributed by atoms with Crippen LogP contribution in [-0.2, 0) is 32.3 Å². The van der Waals surface area contributed by atoms with E-state index in [1.54, 1.807) is 19.1 Å². The van der Waals surface area contributed by atoms with Crippen LogP contribution in [0.1, 0.15) is 43.9 Å². The minimum atomic E-state index is -4.76. The number of alkyl halides is 3. The number of benzene rings is 2. The van der Waals surface area contributed by atoms with E-state index >= 15 is 0 Å². The van der Waals surface area contributed by atoms with Gasteiger partial charge in [-0.15, -0.1) is 0 Å². The molecule has 0 fully saturated rings. The maximum absolute atomic E-state index is 13.7. The fraction of sp³-hybridized carbons (Fsp3) is 0.462. The van der Waals surface area contributed by atoms with E-state index in [-0.39, 0.29) is 23.9 Å². The van der Waals surface area contributed by atoms with Crippen molar-refractivity contribution in [3.8, 4) is 0 Å². The molecular weight excluding hydrogens is 543 g/mol. The highest BCUT2D eigenvalue weighted by atomic mass is 35.5. The average Bonchev–Trinajstić information content (AvgIpc) is 2.80. The van der Waals surface area contributed by atoms with E-state index < -0.39 is 51.9 Å². The fourth-order valence-corrected chi connectivity index (χ4v) is 4.95. The molecule has 0 saturated carbocycles. The molecule has 210 valence electrons. The molecule has 1 atom stereocenters. The van der Waals surface area contributed by atoms with Crippen LogP contribution in [-0.4, -0.2) is 50.5 Å². The van der Waals surface area contributed by atoms with Crippen LogP contribution in [0.2, 0.25) is 5.02 Å². The van der Waals surface area contributed by atoms with Crippen LogP contribution in [0.15, 0.2) is 42.5 Å². The highest BCUT2D eigenvalue weighted by Gasteiger charge is 2.35. The Balaban J connectivity index is 2.53. The smallest absolute Gasteiger partial charge is 0.354 e. The lowest BCUT2D eigenvalue weighted by Gasteiger charge is -2.33. The number of hydrogen-bond acceptors (Lipinski definition) is 4. The summed E-state index contributed by atoms with van der Waals surface area (Å²) in [7, 11) is -4.25. The molecule has 0 aliphatic heterocycles. The van der Waals surface area contributed by atoms with E-state index in [0.29, 0.717) is 22.5 Å². The van der Waals surface area contributed by atoms with Gasteiger partial charge in [-0.25, -0.2) is 8.42 Å². The van der Waals surface area contributed by atoms with Gasteiger partial charge in [-0.1, -0.05) is 62.2 Å². The van der Waals surface area contributed by atoms with E-state index in [1.165, 1.54) is 4.90 Å². The Morgan fingerprint density at radius 1 is 1.11 bits per heavy atom. The van der Waals surface area contributed by atoms with Crippen LogP contribution in [0.25, 0.3) is 0 Å². The summed E-state index contributed by atoms with van der Waals surface area (Å²) in [4.78, 5) is 28.0. The first-order valence-electron chi connectivity index (χ1n) is 12.0. The van der Waals surface area contributed by atoms with Crippen LogP contribution >= 0.6 is 11.6 Å². The Kier molecular flexibility index (Phi) is 10.6. The molecule has 0 aliphatic rings. The summed E-state index contributed by atoms with van der Waals surface area (Å²) in [5.74, 6) is -1.02. The number of nitrogens with zero attached hydrogens (tertiary/aromatic N) is 2. The van der Waals surface area contributed by atoms with E-state index in [9.17, 15) is 31.2 Å². The minimum absolute atomic E-state index is 0.0119. The van der Waals surface area contributed by atoms with Gasteiger partial charge in [-0.05, 0) is 43.0 Å². The van der Waals surface area contributed by atoms with Crippen molar-refractivity contribution >= 4 is 39.1 Å². The lowest BCUT2D eigenvalue weighted by molar-refractivity contribution is -0.140. The monoisotopic (exact) mass is 575 g/mol. The summed E-state index contributed by atoms with van der Waals surface area (Å²) >= 11 is 6.11. The number of hydrogen-bond donors (Lipinski definition) is 1. The Bertz CT molecular complexity index is 1250. The van der Waals surface area contributed by atoms with Gasteiger partial charge in [0.1, 0.15) is 12.6 Å². The molecule has 12 heteroatoms. The summed E-state index contributed by atoms with van der Waals surface area (Å²) in [6.45, 7) is 6.93. The molecule has 0 aliphatic carbocycles. The quantitative estimate of drug-likeness (QED) is 0.408. The van der Waals surface area contributed by atoms with Crippen molar-refractivity contribution in [3.63, 3.8) is 0 Å². The van der Waals surface area contributed by atoms with Gasteiger partial charge in [0, 0.05) is 13.1 Å². The second kappa shape index (κ2) is 12.8. The Hall–Kier alpha value is -2.79. The molecule has 2 amide bonds. The molecule has 2 aromatic carbocycles. The second-order valence-electron chi connectivity index (χ2n) is 9.51. The molecule has 2 aromatic rings. The Labute approximate surface area is 227 Å². The van der Waals surface area contributed by atoms with E-state index in [1.807, 2.05) is 32.9 Å². The van der Waals surface area contributed by atoms with Gasteiger partial charge >= 0.3 is 6.18 Å². The van der Waals surface area contributed by atoms with Crippen molar-refractivity contribution in [3.05, 3.63) is 64.2 Å². The van der Waals surface area contributed by atoms with Crippen LogP contribution in [0, 0.1) is 12.8 Å². The molecule has 0 aromatic heterocycles. The third-order valence-corrected chi connectivity index (χ3v) is 7.17. The van der Waals surface area contributed by atoms with E-state index in [4.69, 9.17) is 11.6 Å². The van der Waals surface area contributed by atoms with Crippen molar-refractivity contribution < 1.29 is 31.2 Å². The highest BCUT2D eigenvalue weighted by Crippen LogP contribution is 2.36. The molecule has 0 unspecified atom stereocenters. The molecule has 38 heavy (non-hydrogen) atoms. The summed E-state index contributed by atoms with van der Waals surface area (Å²) < 4.78 is 66.0. The number of carbonyl (C=O) groups is 2. The highest BCUT2D eigenvalue weighted by molar-refractivity contribution is 7.92. The molecule has 0 saturated heterocycles.